The number of hydrogen-bond acceptors (Lipinski definition) is 3. The Labute approximate surface area is 122 Å². The summed E-state index contributed by atoms with van der Waals surface area (Å²) in [5.41, 5.74) is -0.461. The van der Waals surface area contributed by atoms with Crippen molar-refractivity contribution in [2.75, 3.05) is 6.61 Å². The summed E-state index contributed by atoms with van der Waals surface area (Å²) < 4.78 is 2.31. The molecule has 0 aromatic carbocycles. The first-order chi connectivity index (χ1) is 8.66. The third-order valence-electron chi connectivity index (χ3n) is 3.82. The zero-order valence-corrected chi connectivity index (χ0v) is 13.7. The van der Waals surface area contributed by atoms with Gasteiger partial charge in [-0.05, 0) is 36.7 Å². The highest BCUT2D eigenvalue weighted by Gasteiger charge is 2.38. The molecule has 1 amide bonds. The molecule has 1 aromatic rings. The van der Waals surface area contributed by atoms with E-state index in [-0.39, 0.29) is 12.5 Å². The molecule has 0 unspecified atom stereocenters. The summed E-state index contributed by atoms with van der Waals surface area (Å²) in [4.78, 5) is 12.4. The molecule has 108 valence electrons. The van der Waals surface area contributed by atoms with Gasteiger partial charge in [0.05, 0.1) is 17.3 Å². The molecule has 0 atom stereocenters. The summed E-state index contributed by atoms with van der Waals surface area (Å²) in [6.45, 7) is 10.2. The molecule has 19 heavy (non-hydrogen) atoms. The van der Waals surface area contributed by atoms with E-state index in [0.717, 1.165) is 0 Å². The lowest BCUT2D eigenvalue weighted by Gasteiger charge is -2.41. The highest BCUT2D eigenvalue weighted by Crippen LogP contribution is 2.30. The van der Waals surface area contributed by atoms with Gasteiger partial charge in [0.25, 0.3) is 5.91 Å². The van der Waals surface area contributed by atoms with Crippen molar-refractivity contribution in [2.24, 2.45) is 5.41 Å². The summed E-state index contributed by atoms with van der Waals surface area (Å²) in [6, 6.07) is 0. The first-order valence-electron chi connectivity index (χ1n) is 6.31. The molecule has 6 heteroatoms. The third kappa shape index (κ3) is 3.17. The van der Waals surface area contributed by atoms with Crippen LogP contribution in [0.2, 0.25) is 0 Å². The summed E-state index contributed by atoms with van der Waals surface area (Å²) in [7, 11) is 0. The number of carbonyl (C=O) groups is 1. The molecule has 0 bridgehead atoms. The zero-order chi connectivity index (χ0) is 14.8. The molecule has 0 saturated carbocycles. The molecular formula is C13H22BrN3O2. The van der Waals surface area contributed by atoms with Gasteiger partial charge in [-0.2, -0.15) is 5.10 Å². The number of aryl methyl sites for hydroxylation is 1. The lowest BCUT2D eigenvalue weighted by atomic mass is 9.75. The van der Waals surface area contributed by atoms with Crippen LogP contribution in [0.5, 0.6) is 0 Å². The number of hydrogen-bond donors (Lipinski definition) is 2. The van der Waals surface area contributed by atoms with Crippen LogP contribution in [0, 0.1) is 5.41 Å². The highest BCUT2D eigenvalue weighted by molar-refractivity contribution is 9.10. The van der Waals surface area contributed by atoms with Crippen molar-refractivity contribution in [2.45, 2.75) is 46.7 Å². The van der Waals surface area contributed by atoms with E-state index in [2.05, 4.69) is 26.3 Å². The molecule has 5 nitrogen and oxygen atoms in total. The molecule has 0 radical (unpaired) electrons. The van der Waals surface area contributed by atoms with Crippen LogP contribution >= 0.6 is 15.9 Å². The summed E-state index contributed by atoms with van der Waals surface area (Å²) in [6.07, 6.45) is 1.61. The standard InChI is InChI=1S/C13H22BrN3O2/c1-6-17-10(9(14)7-15-17)11(19)16-13(4,5)12(2,3)8-18/h7,18H,6,8H2,1-5H3,(H,16,19). The Morgan fingerprint density at radius 3 is 2.53 bits per heavy atom. The third-order valence-corrected chi connectivity index (χ3v) is 4.40. The second-order valence-electron chi connectivity index (χ2n) is 5.78. The maximum absolute atomic E-state index is 12.4. The molecule has 0 aliphatic heterocycles. The van der Waals surface area contributed by atoms with E-state index in [9.17, 15) is 9.90 Å². The molecule has 2 N–H and O–H groups in total. The van der Waals surface area contributed by atoms with Crippen LogP contribution in [0.4, 0.5) is 0 Å². The number of rotatable bonds is 5. The molecule has 1 heterocycles. The number of amides is 1. The lowest BCUT2D eigenvalue weighted by Crippen LogP contribution is -2.55. The predicted molar refractivity (Wildman–Crippen MR) is 78.0 cm³/mol. The Hall–Kier alpha value is -0.880. The van der Waals surface area contributed by atoms with Crippen molar-refractivity contribution in [3.63, 3.8) is 0 Å². The minimum Gasteiger partial charge on any atom is -0.396 e. The van der Waals surface area contributed by atoms with Gasteiger partial charge in [-0.15, -0.1) is 0 Å². The van der Waals surface area contributed by atoms with Crippen LogP contribution in [-0.2, 0) is 6.54 Å². The first-order valence-corrected chi connectivity index (χ1v) is 7.10. The van der Waals surface area contributed by atoms with Crippen LogP contribution in [0.15, 0.2) is 10.7 Å². The summed E-state index contributed by atoms with van der Waals surface area (Å²) in [5.74, 6) is -0.197. The van der Waals surface area contributed by atoms with E-state index in [1.54, 1.807) is 10.9 Å². The van der Waals surface area contributed by atoms with Gasteiger partial charge in [0.1, 0.15) is 5.69 Å². The molecule has 1 aromatic heterocycles. The van der Waals surface area contributed by atoms with Crippen molar-refractivity contribution >= 4 is 21.8 Å². The van der Waals surface area contributed by atoms with Crippen LogP contribution in [0.25, 0.3) is 0 Å². The van der Waals surface area contributed by atoms with Crippen molar-refractivity contribution < 1.29 is 9.90 Å². The molecular weight excluding hydrogens is 310 g/mol. The topological polar surface area (TPSA) is 67.2 Å². The van der Waals surface area contributed by atoms with E-state index in [0.29, 0.717) is 16.7 Å². The number of aromatic nitrogens is 2. The number of halogens is 1. The summed E-state index contributed by atoms with van der Waals surface area (Å²) in [5, 5.41) is 16.6. The average molecular weight is 332 g/mol. The van der Waals surface area contributed by atoms with Gasteiger partial charge in [0.15, 0.2) is 0 Å². The molecule has 1 rings (SSSR count). The number of nitrogens with one attached hydrogen (secondary N) is 1. The van der Waals surface area contributed by atoms with Crippen molar-refractivity contribution in [3.8, 4) is 0 Å². The van der Waals surface area contributed by atoms with Gasteiger partial charge in [-0.1, -0.05) is 13.8 Å². The van der Waals surface area contributed by atoms with Gasteiger partial charge >= 0.3 is 0 Å². The largest absolute Gasteiger partial charge is 0.396 e. The van der Waals surface area contributed by atoms with Gasteiger partial charge < -0.3 is 10.4 Å². The monoisotopic (exact) mass is 331 g/mol. The molecule has 0 saturated heterocycles. The van der Waals surface area contributed by atoms with E-state index in [1.807, 2.05) is 34.6 Å². The SMILES string of the molecule is CCn1ncc(Br)c1C(=O)NC(C)(C)C(C)(C)CO. The quantitative estimate of drug-likeness (QED) is 0.869. The first kappa shape index (κ1) is 16.2. The molecule has 0 fully saturated rings. The number of aliphatic hydroxyl groups is 1. The fourth-order valence-corrected chi connectivity index (χ4v) is 2.01. The van der Waals surface area contributed by atoms with Crippen molar-refractivity contribution in [1.82, 2.24) is 15.1 Å². The van der Waals surface area contributed by atoms with Gasteiger partial charge in [0, 0.05) is 17.5 Å². The van der Waals surface area contributed by atoms with Crippen LogP contribution in [0.3, 0.4) is 0 Å². The Morgan fingerprint density at radius 1 is 1.47 bits per heavy atom. The number of nitrogens with zero attached hydrogens (tertiary/aromatic N) is 2. The fraction of sp³-hybridized carbons (Fsp3) is 0.692. The normalized spacial score (nSPS) is 12.6. The average Bonchev–Trinajstić information content (AvgIpc) is 2.69. The predicted octanol–water partition coefficient (Wildman–Crippen LogP) is 2.19. The highest BCUT2D eigenvalue weighted by atomic mass is 79.9. The minimum absolute atomic E-state index is 0.00547. The number of carbonyl (C=O) groups excluding carboxylic acids is 1. The maximum Gasteiger partial charge on any atom is 0.271 e. The minimum atomic E-state index is -0.541. The second kappa shape index (κ2) is 5.63. The van der Waals surface area contributed by atoms with Gasteiger partial charge in [-0.3, -0.25) is 9.48 Å². The second-order valence-corrected chi connectivity index (χ2v) is 6.63. The van der Waals surface area contributed by atoms with Gasteiger partial charge in [0.2, 0.25) is 0 Å². The van der Waals surface area contributed by atoms with Crippen molar-refractivity contribution in [3.05, 3.63) is 16.4 Å². The van der Waals surface area contributed by atoms with Crippen LogP contribution in [0.1, 0.15) is 45.1 Å². The lowest BCUT2D eigenvalue weighted by molar-refractivity contribution is 0.0565. The summed E-state index contributed by atoms with van der Waals surface area (Å²) >= 11 is 3.34. The molecule has 0 aliphatic carbocycles. The van der Waals surface area contributed by atoms with E-state index in [4.69, 9.17) is 0 Å². The van der Waals surface area contributed by atoms with Crippen LogP contribution < -0.4 is 5.32 Å². The smallest absolute Gasteiger partial charge is 0.271 e. The van der Waals surface area contributed by atoms with Gasteiger partial charge in [-0.25, -0.2) is 0 Å². The van der Waals surface area contributed by atoms with E-state index < -0.39 is 11.0 Å². The molecule has 0 aliphatic rings. The van der Waals surface area contributed by atoms with Crippen molar-refractivity contribution in [1.29, 1.82) is 0 Å². The Balaban J connectivity index is 3.00. The van der Waals surface area contributed by atoms with E-state index in [1.165, 1.54) is 0 Å². The zero-order valence-electron chi connectivity index (χ0n) is 12.1. The Bertz CT molecular complexity index is 466. The number of aliphatic hydroxyl groups excluding tert-OH is 1. The van der Waals surface area contributed by atoms with Crippen LogP contribution in [-0.4, -0.2) is 32.9 Å². The Morgan fingerprint density at radius 2 is 2.05 bits per heavy atom. The van der Waals surface area contributed by atoms with E-state index >= 15 is 0 Å². The Kier molecular flexibility index (Phi) is 4.79. The fourth-order valence-electron chi connectivity index (χ4n) is 1.54. The molecule has 0 spiro atoms. The maximum atomic E-state index is 12.4.